The number of esters is 1. The van der Waals surface area contributed by atoms with Crippen LogP contribution in [0.15, 0.2) is 66.2 Å². The zero-order valence-electron chi connectivity index (χ0n) is 16.5. The minimum atomic E-state index is -1.47. The topological polar surface area (TPSA) is 94.7 Å². The number of pyridine rings is 1. The van der Waals surface area contributed by atoms with Gasteiger partial charge in [-0.25, -0.2) is 4.79 Å². The largest absolute Gasteiger partial charge is 0.462 e. The molecule has 0 saturated carbocycles. The molecule has 0 aliphatic carbocycles. The molecule has 1 spiro atoms. The van der Waals surface area contributed by atoms with Crippen molar-refractivity contribution in [3.63, 3.8) is 0 Å². The van der Waals surface area contributed by atoms with Crippen molar-refractivity contribution >= 4 is 28.5 Å². The molecular weight excluding hydrogens is 382 g/mol. The van der Waals surface area contributed by atoms with Crippen LogP contribution in [0.1, 0.15) is 18.1 Å². The summed E-state index contributed by atoms with van der Waals surface area (Å²) in [4.78, 5) is 32.9. The molecule has 3 aromatic rings. The van der Waals surface area contributed by atoms with Gasteiger partial charge in [-0.15, -0.1) is 0 Å². The van der Waals surface area contributed by atoms with Crippen LogP contribution in [0.25, 0.3) is 10.9 Å². The van der Waals surface area contributed by atoms with Gasteiger partial charge >= 0.3 is 5.97 Å². The number of benzene rings is 2. The monoisotopic (exact) mass is 401 g/mol. The summed E-state index contributed by atoms with van der Waals surface area (Å²) in [5, 5.41) is 0.839. The van der Waals surface area contributed by atoms with Crippen molar-refractivity contribution in [3.8, 4) is 5.75 Å². The third-order valence-corrected chi connectivity index (χ3v) is 5.74. The van der Waals surface area contributed by atoms with E-state index in [2.05, 4.69) is 4.98 Å². The predicted octanol–water partition coefficient (Wildman–Crippen LogP) is 2.62. The van der Waals surface area contributed by atoms with E-state index in [1.807, 2.05) is 42.5 Å². The van der Waals surface area contributed by atoms with E-state index in [9.17, 15) is 9.59 Å². The zero-order valence-corrected chi connectivity index (χ0v) is 16.5. The molecule has 2 N–H and O–H groups in total. The third kappa shape index (κ3) is 2.11. The number of carbonyl (C=O) groups excluding carboxylic acids is 2. The number of hydrogen-bond acceptors (Lipinski definition) is 6. The van der Waals surface area contributed by atoms with Crippen LogP contribution in [0, 0.1) is 0 Å². The standard InChI is InChI=1S/C23H19N3O4/c1-3-29-21(27)17-20(24)30-19-15(11-10-13-7-6-12-25-18(13)19)23(17)14-8-4-5-9-16(14)26(2)22(23)28/h4-12H,3,24H2,1-2H3/t23-/m0/s1. The lowest BCUT2D eigenvalue weighted by Gasteiger charge is -2.36. The number of aromatic nitrogens is 1. The fraction of sp³-hybridized carbons (Fsp3) is 0.174. The molecule has 0 saturated heterocycles. The average Bonchev–Trinajstić information content (AvgIpc) is 2.97. The summed E-state index contributed by atoms with van der Waals surface area (Å²) >= 11 is 0. The molecule has 1 aromatic heterocycles. The van der Waals surface area contributed by atoms with Crippen LogP contribution in [-0.4, -0.2) is 30.5 Å². The Hall–Kier alpha value is -3.87. The van der Waals surface area contributed by atoms with Crippen molar-refractivity contribution in [2.45, 2.75) is 12.3 Å². The van der Waals surface area contributed by atoms with Gasteiger partial charge in [-0.2, -0.15) is 0 Å². The smallest absolute Gasteiger partial charge is 0.341 e. The summed E-state index contributed by atoms with van der Waals surface area (Å²) in [6, 6.07) is 14.7. The Morgan fingerprint density at radius 3 is 2.77 bits per heavy atom. The number of carbonyl (C=O) groups is 2. The van der Waals surface area contributed by atoms with Gasteiger partial charge in [-0.05, 0) is 19.1 Å². The summed E-state index contributed by atoms with van der Waals surface area (Å²) in [5.74, 6) is -0.760. The second kappa shape index (κ2) is 6.32. The number of para-hydroxylation sites is 1. The Morgan fingerprint density at radius 1 is 1.17 bits per heavy atom. The lowest BCUT2D eigenvalue weighted by Crippen LogP contribution is -2.47. The summed E-state index contributed by atoms with van der Waals surface area (Å²) < 4.78 is 11.2. The number of rotatable bonds is 2. The van der Waals surface area contributed by atoms with Crippen molar-refractivity contribution in [2.24, 2.45) is 5.73 Å². The Bertz CT molecular complexity index is 1270. The van der Waals surface area contributed by atoms with Crippen molar-refractivity contribution < 1.29 is 19.1 Å². The van der Waals surface area contributed by atoms with Crippen LogP contribution in [0.2, 0.25) is 0 Å². The van der Waals surface area contributed by atoms with Crippen LogP contribution in [0.4, 0.5) is 5.69 Å². The molecule has 7 heteroatoms. The minimum absolute atomic E-state index is 0.00562. The lowest BCUT2D eigenvalue weighted by molar-refractivity contribution is -0.140. The predicted molar refractivity (Wildman–Crippen MR) is 111 cm³/mol. The molecule has 7 nitrogen and oxygen atoms in total. The number of nitrogens with zero attached hydrogens (tertiary/aromatic N) is 2. The summed E-state index contributed by atoms with van der Waals surface area (Å²) in [6.45, 7) is 1.84. The SMILES string of the molecule is CCOC(=O)C1=C(N)Oc2c(ccc3cccnc23)[C@]12C(=O)N(C)c1ccccc12. The Morgan fingerprint density at radius 2 is 1.97 bits per heavy atom. The van der Waals surface area contributed by atoms with Crippen molar-refractivity contribution in [1.29, 1.82) is 0 Å². The molecule has 2 aliphatic rings. The molecule has 30 heavy (non-hydrogen) atoms. The molecule has 0 unspecified atom stereocenters. The maximum absolute atomic E-state index is 13.9. The van der Waals surface area contributed by atoms with E-state index < -0.39 is 11.4 Å². The van der Waals surface area contributed by atoms with Crippen LogP contribution < -0.4 is 15.4 Å². The number of fused-ring (bicyclic) bond motifs is 6. The second-order valence-corrected chi connectivity index (χ2v) is 7.21. The van der Waals surface area contributed by atoms with Gasteiger partial charge in [-0.3, -0.25) is 9.78 Å². The highest BCUT2D eigenvalue weighted by molar-refractivity contribution is 6.18. The first-order chi connectivity index (χ1) is 14.5. The van der Waals surface area contributed by atoms with Crippen LogP contribution in [-0.2, 0) is 19.7 Å². The Labute approximate surface area is 172 Å². The maximum atomic E-state index is 13.9. The molecule has 0 bridgehead atoms. The number of amides is 1. The highest BCUT2D eigenvalue weighted by Gasteiger charge is 2.60. The van der Waals surface area contributed by atoms with E-state index in [0.29, 0.717) is 28.1 Å². The number of nitrogens with two attached hydrogens (primary N) is 1. The van der Waals surface area contributed by atoms with Gasteiger partial charge < -0.3 is 20.1 Å². The first-order valence-corrected chi connectivity index (χ1v) is 9.62. The number of ether oxygens (including phenoxy) is 2. The number of likely N-dealkylation sites (N-methyl/N-ethyl adjacent to an activating group) is 1. The Balaban J connectivity index is 1.93. The van der Waals surface area contributed by atoms with Gasteiger partial charge in [0.1, 0.15) is 16.5 Å². The van der Waals surface area contributed by atoms with Crippen molar-refractivity contribution in [3.05, 3.63) is 77.3 Å². The second-order valence-electron chi connectivity index (χ2n) is 7.21. The first-order valence-electron chi connectivity index (χ1n) is 9.62. The van der Waals surface area contributed by atoms with E-state index in [1.54, 1.807) is 31.1 Å². The van der Waals surface area contributed by atoms with Gasteiger partial charge in [0.05, 0.1) is 6.61 Å². The normalized spacial score (nSPS) is 19.7. The van der Waals surface area contributed by atoms with Gasteiger partial charge in [0.15, 0.2) is 5.75 Å². The highest BCUT2D eigenvalue weighted by atomic mass is 16.5. The van der Waals surface area contributed by atoms with Crippen LogP contribution >= 0.6 is 0 Å². The number of hydrogen-bond donors (Lipinski definition) is 1. The van der Waals surface area contributed by atoms with Gasteiger partial charge in [0.2, 0.25) is 11.8 Å². The highest BCUT2D eigenvalue weighted by Crippen LogP contribution is 2.56. The molecule has 0 fully saturated rings. The maximum Gasteiger partial charge on any atom is 0.341 e. The fourth-order valence-electron chi connectivity index (χ4n) is 4.52. The van der Waals surface area contributed by atoms with E-state index in [0.717, 1.165) is 5.39 Å². The minimum Gasteiger partial charge on any atom is -0.462 e. The number of anilines is 1. The first kappa shape index (κ1) is 18.2. The van der Waals surface area contributed by atoms with Crippen LogP contribution in [0.3, 0.4) is 0 Å². The van der Waals surface area contributed by atoms with E-state index in [1.165, 1.54) is 0 Å². The summed E-state index contributed by atoms with van der Waals surface area (Å²) in [6.07, 6.45) is 1.65. The molecule has 2 aromatic carbocycles. The van der Waals surface area contributed by atoms with Crippen molar-refractivity contribution in [1.82, 2.24) is 4.98 Å². The van der Waals surface area contributed by atoms with Crippen LogP contribution in [0.5, 0.6) is 5.75 Å². The molecule has 1 amide bonds. The van der Waals surface area contributed by atoms with E-state index in [4.69, 9.17) is 15.2 Å². The third-order valence-electron chi connectivity index (χ3n) is 5.74. The summed E-state index contributed by atoms with van der Waals surface area (Å²) in [5.41, 5.74) is 7.26. The zero-order chi connectivity index (χ0) is 21.0. The van der Waals surface area contributed by atoms with Gasteiger partial charge in [0, 0.05) is 35.4 Å². The molecule has 150 valence electrons. The van der Waals surface area contributed by atoms with Crippen molar-refractivity contribution in [2.75, 3.05) is 18.6 Å². The fourth-order valence-corrected chi connectivity index (χ4v) is 4.52. The molecule has 3 heterocycles. The average molecular weight is 401 g/mol. The van der Waals surface area contributed by atoms with E-state index >= 15 is 0 Å². The molecule has 0 radical (unpaired) electrons. The molecule has 1 atom stereocenters. The molecular formula is C23H19N3O4. The summed E-state index contributed by atoms with van der Waals surface area (Å²) in [7, 11) is 1.68. The molecule has 2 aliphatic heterocycles. The van der Waals surface area contributed by atoms with Gasteiger partial charge in [-0.1, -0.05) is 36.4 Å². The Kier molecular flexibility index (Phi) is 3.83. The van der Waals surface area contributed by atoms with Gasteiger partial charge in [0.25, 0.3) is 0 Å². The molecule has 5 rings (SSSR count). The quantitative estimate of drug-likeness (QED) is 0.664. The van der Waals surface area contributed by atoms with E-state index in [-0.39, 0.29) is 24.0 Å². The lowest BCUT2D eigenvalue weighted by atomic mass is 9.68.